The Bertz CT molecular complexity index is 2810. The van der Waals surface area contributed by atoms with Crippen LogP contribution in [0.4, 0.5) is 4.39 Å². The number of alkyl halides is 1. The van der Waals surface area contributed by atoms with Gasteiger partial charge in [-0.05, 0) is 111 Å². The maximum Gasteiger partial charge on any atom is 0.233 e. The minimum absolute atomic E-state index is 0.0918. The number of aliphatic imine (C=N–C) groups is 2. The van der Waals surface area contributed by atoms with Crippen LogP contribution in [0.1, 0.15) is 25.2 Å². The molecular weight excluding hydrogens is 948 g/mol. The van der Waals surface area contributed by atoms with Crippen LogP contribution in [0, 0.1) is 0 Å². The molecule has 20 heteroatoms. The molecule has 0 fully saturated rings. The summed E-state index contributed by atoms with van der Waals surface area (Å²) in [6.07, 6.45) is 1.05. The number of hydrogen-bond acceptors (Lipinski definition) is 15. The normalized spacial score (nSPS) is 16.5. The zero-order valence-electron chi connectivity index (χ0n) is 39.4. The summed E-state index contributed by atoms with van der Waals surface area (Å²) in [6.45, 7) is 4.64. The number of rotatable bonds is 20. The van der Waals surface area contributed by atoms with Gasteiger partial charge in [0.2, 0.25) is 11.8 Å². The zero-order chi connectivity index (χ0) is 50.0. The van der Waals surface area contributed by atoms with E-state index in [-0.39, 0.29) is 41.3 Å². The highest BCUT2D eigenvalue weighted by Crippen LogP contribution is 2.35. The maximum atomic E-state index is 12.9. The van der Waals surface area contributed by atoms with Gasteiger partial charge in [0.05, 0.1) is 42.7 Å². The van der Waals surface area contributed by atoms with Crippen molar-refractivity contribution in [3.8, 4) is 57.0 Å². The second-order valence-corrected chi connectivity index (χ2v) is 20.6. The molecule has 2 aromatic heterocycles. The molecule has 70 heavy (non-hydrogen) atoms. The van der Waals surface area contributed by atoms with Crippen molar-refractivity contribution in [1.82, 2.24) is 9.97 Å². The molecular formula is C50H55FN4O13S2. The van der Waals surface area contributed by atoms with Crippen LogP contribution in [0.3, 0.4) is 0 Å². The van der Waals surface area contributed by atoms with Crippen molar-refractivity contribution in [2.45, 2.75) is 48.1 Å². The minimum Gasteiger partial charge on any atom is -0.488 e. The van der Waals surface area contributed by atoms with Crippen LogP contribution in [0.25, 0.3) is 22.5 Å². The van der Waals surface area contributed by atoms with E-state index in [2.05, 4.69) is 20.0 Å². The molecule has 4 atom stereocenters. The van der Waals surface area contributed by atoms with Crippen LogP contribution in [0.2, 0.25) is 0 Å². The number of aromatic nitrogens is 2. The molecule has 17 nitrogen and oxygen atoms in total. The van der Waals surface area contributed by atoms with E-state index in [1.54, 1.807) is 50.6 Å². The Hall–Kier alpha value is -6.71. The van der Waals surface area contributed by atoms with Crippen molar-refractivity contribution in [3.63, 3.8) is 0 Å². The van der Waals surface area contributed by atoms with Crippen LogP contribution in [0.5, 0.6) is 34.5 Å². The van der Waals surface area contributed by atoms with Gasteiger partial charge in [-0.15, -0.1) is 0 Å². The topological polar surface area (TPSA) is 219 Å². The van der Waals surface area contributed by atoms with Gasteiger partial charge in [0.1, 0.15) is 77.0 Å². The molecule has 8 rings (SSSR count). The lowest BCUT2D eigenvalue weighted by atomic mass is 10.1. The number of ether oxygens (including phenoxy) is 8. The third-order valence-corrected chi connectivity index (χ3v) is 12.7. The molecule has 6 aromatic rings. The molecule has 4 aromatic carbocycles. The lowest BCUT2D eigenvalue weighted by molar-refractivity contribution is 0.0919. The second kappa shape index (κ2) is 22.8. The van der Waals surface area contributed by atoms with Gasteiger partial charge < -0.3 is 53.0 Å². The highest BCUT2D eigenvalue weighted by Gasteiger charge is 2.24. The SMILES string of the molecule is COC[C@H](C)Oc1cc(Oc2ccc(S(C)(=O)=O)cc2)cc(-c2ccc(C3=NCC(CF)O3)[nH]2)c1.COC[C@H](C)Oc1cc(Oc2ccc(S(C)(=O)=O)cc2)cc(-c2ccc(C3=NCC(CO)O3)[nH]2)c1. The largest absolute Gasteiger partial charge is 0.488 e. The van der Waals surface area contributed by atoms with Gasteiger partial charge in [-0.25, -0.2) is 31.2 Å². The molecule has 2 unspecified atom stereocenters. The monoisotopic (exact) mass is 1000 g/mol. The van der Waals surface area contributed by atoms with Crippen LogP contribution in [-0.2, 0) is 38.6 Å². The highest BCUT2D eigenvalue weighted by molar-refractivity contribution is 7.91. The number of aliphatic hydroxyl groups is 1. The fraction of sp³-hybridized carbons (Fsp3) is 0.320. The number of aromatic amines is 2. The highest BCUT2D eigenvalue weighted by atomic mass is 32.2. The van der Waals surface area contributed by atoms with Gasteiger partial charge in [0, 0.05) is 61.4 Å². The Morgan fingerprint density at radius 1 is 0.586 bits per heavy atom. The van der Waals surface area contributed by atoms with Gasteiger partial charge in [-0.1, -0.05) is 0 Å². The van der Waals surface area contributed by atoms with Crippen molar-refractivity contribution in [2.24, 2.45) is 9.98 Å². The molecule has 2 aliphatic heterocycles. The molecule has 0 amide bonds. The van der Waals surface area contributed by atoms with Crippen molar-refractivity contribution < 1.29 is 64.2 Å². The molecule has 372 valence electrons. The molecule has 0 saturated heterocycles. The summed E-state index contributed by atoms with van der Waals surface area (Å²) >= 11 is 0. The lowest BCUT2D eigenvalue weighted by Gasteiger charge is -2.16. The predicted molar refractivity (Wildman–Crippen MR) is 261 cm³/mol. The number of aliphatic hydroxyl groups excluding tert-OH is 1. The fourth-order valence-corrected chi connectivity index (χ4v) is 8.44. The van der Waals surface area contributed by atoms with Crippen LogP contribution >= 0.6 is 0 Å². The number of sulfone groups is 2. The molecule has 3 N–H and O–H groups in total. The van der Waals surface area contributed by atoms with Gasteiger partial charge >= 0.3 is 0 Å². The average Bonchev–Trinajstić information content (AvgIpc) is 4.17. The number of benzene rings is 4. The van der Waals surface area contributed by atoms with E-state index < -0.39 is 32.5 Å². The van der Waals surface area contributed by atoms with E-state index in [9.17, 15) is 26.3 Å². The summed E-state index contributed by atoms with van der Waals surface area (Å²) in [5.41, 5.74) is 4.49. The first kappa shape index (κ1) is 51.1. The first-order valence-electron chi connectivity index (χ1n) is 22.1. The number of halogens is 1. The molecule has 0 aliphatic carbocycles. The van der Waals surface area contributed by atoms with E-state index in [0.717, 1.165) is 35.0 Å². The summed E-state index contributed by atoms with van der Waals surface area (Å²) < 4.78 is 105. The fourth-order valence-electron chi connectivity index (χ4n) is 7.18. The standard InChI is InChI=1S/C25H27FN2O6S.C25H28N2O7S/c1-16(15-31-2)32-19-10-17(23-8-9-24(28-23)25-27-14-21(13-26)34-25)11-20(12-19)33-18-4-6-22(7-5-18)35(3,29)30;1-16(15-31-2)32-19-10-17(23-8-9-24(27-23)25-26-13-21(14-28)34-25)11-20(12-19)33-18-4-6-22(7-5-18)35(3,29)30/h4-12,16,21,28H,13-15H2,1-3H3;4-12,16,21,27-28H,13-15H2,1-3H3/t2*16-,21?/m00/s1. The zero-order valence-corrected chi connectivity index (χ0v) is 41.0. The summed E-state index contributed by atoms with van der Waals surface area (Å²) in [5.74, 6) is 3.96. The average molecular weight is 1000 g/mol. The summed E-state index contributed by atoms with van der Waals surface area (Å²) in [7, 11) is -3.38. The van der Waals surface area contributed by atoms with Crippen LogP contribution < -0.4 is 18.9 Å². The number of methoxy groups -OCH3 is 2. The Kier molecular flexibility index (Phi) is 16.7. The molecule has 0 bridgehead atoms. The predicted octanol–water partition coefficient (Wildman–Crippen LogP) is 7.84. The van der Waals surface area contributed by atoms with Crippen molar-refractivity contribution in [1.29, 1.82) is 0 Å². The van der Waals surface area contributed by atoms with Gasteiger partial charge in [-0.3, -0.25) is 0 Å². The van der Waals surface area contributed by atoms with E-state index >= 15 is 0 Å². The summed E-state index contributed by atoms with van der Waals surface area (Å²) in [4.78, 5) is 15.6. The van der Waals surface area contributed by atoms with E-state index in [0.29, 0.717) is 77.4 Å². The first-order valence-corrected chi connectivity index (χ1v) is 25.8. The molecule has 0 radical (unpaired) electrons. The third kappa shape index (κ3) is 13.7. The van der Waals surface area contributed by atoms with E-state index in [1.807, 2.05) is 62.4 Å². The molecule has 4 heterocycles. The smallest absolute Gasteiger partial charge is 0.233 e. The van der Waals surface area contributed by atoms with Crippen molar-refractivity contribution >= 4 is 31.5 Å². The second-order valence-electron chi connectivity index (χ2n) is 16.5. The molecule has 0 spiro atoms. The van der Waals surface area contributed by atoms with Gasteiger partial charge in [0.25, 0.3) is 0 Å². The Labute approximate surface area is 406 Å². The van der Waals surface area contributed by atoms with Crippen molar-refractivity contribution in [3.05, 3.63) is 121 Å². The first-order chi connectivity index (χ1) is 33.5. The number of nitrogens with zero attached hydrogens (tertiary/aromatic N) is 2. The quantitative estimate of drug-likeness (QED) is 0.0665. The third-order valence-electron chi connectivity index (χ3n) is 10.5. The number of nitrogens with one attached hydrogen (secondary N) is 2. The van der Waals surface area contributed by atoms with Crippen LogP contribution in [0.15, 0.2) is 129 Å². The van der Waals surface area contributed by atoms with Crippen molar-refractivity contribution in [2.75, 3.05) is 66.3 Å². The van der Waals surface area contributed by atoms with E-state index in [4.69, 9.17) is 37.9 Å². The Morgan fingerprint density at radius 2 is 0.971 bits per heavy atom. The van der Waals surface area contributed by atoms with E-state index in [1.165, 1.54) is 24.3 Å². The number of H-pyrrole nitrogens is 2. The minimum atomic E-state index is -3.30. The molecule has 0 saturated carbocycles. The van der Waals surface area contributed by atoms with Gasteiger partial charge in [0.15, 0.2) is 19.7 Å². The number of hydrogen-bond donors (Lipinski definition) is 3. The summed E-state index contributed by atoms with van der Waals surface area (Å²) in [6, 6.07) is 30.8. The van der Waals surface area contributed by atoms with Gasteiger partial charge in [-0.2, -0.15) is 0 Å². The van der Waals surface area contributed by atoms with Crippen LogP contribution in [-0.4, -0.2) is 134 Å². The maximum absolute atomic E-state index is 12.9. The summed E-state index contributed by atoms with van der Waals surface area (Å²) in [5, 5.41) is 9.29. The lowest BCUT2D eigenvalue weighted by Crippen LogP contribution is -2.18. The Balaban J connectivity index is 0.000000206. The Morgan fingerprint density at radius 3 is 1.33 bits per heavy atom. The molecule has 2 aliphatic rings.